The molecule has 2 N–H and O–H groups in total. The van der Waals surface area contributed by atoms with Gasteiger partial charge in [-0.15, -0.1) is 0 Å². The number of nitrogens with one attached hydrogen (secondary N) is 2. The molecule has 2 aromatic carbocycles. The second-order valence-electron chi connectivity index (χ2n) is 8.12. The lowest BCUT2D eigenvalue weighted by Gasteiger charge is -2.33. The number of rotatable bonds is 7. The smallest absolute Gasteiger partial charge is 0.351 e. The average molecular weight is 498 g/mol. The Kier molecular flexibility index (Phi) is 7.98. The highest BCUT2D eigenvalue weighted by Gasteiger charge is 2.39. The SMILES string of the molecule is CC(=O)NC(Cc1ccccc1)C(=O)NC1CCN(S(=O)(=O)c2ccccc2C(F)(F)F)CC1. The molecule has 0 aromatic heterocycles. The number of piperidine rings is 1. The summed E-state index contributed by atoms with van der Waals surface area (Å²) in [7, 11) is -4.36. The standard InChI is InChI=1S/C23H26F3N3O4S/c1-16(30)27-20(15-17-7-3-2-4-8-17)22(31)28-18-11-13-29(14-12-18)34(32,33)21-10-6-5-9-19(21)23(24,25)26/h2-10,18,20H,11-15H2,1H3,(H,27,30)(H,28,31). The highest BCUT2D eigenvalue weighted by Crippen LogP contribution is 2.35. The van der Waals surface area contributed by atoms with Crippen LogP contribution in [0.2, 0.25) is 0 Å². The van der Waals surface area contributed by atoms with Gasteiger partial charge >= 0.3 is 6.18 Å². The van der Waals surface area contributed by atoms with Gasteiger partial charge in [-0.1, -0.05) is 42.5 Å². The van der Waals surface area contributed by atoms with Gasteiger partial charge in [0, 0.05) is 32.5 Å². The number of nitrogens with zero attached hydrogens (tertiary/aromatic N) is 1. The van der Waals surface area contributed by atoms with E-state index in [-0.39, 0.29) is 44.3 Å². The number of sulfonamides is 1. The van der Waals surface area contributed by atoms with E-state index in [1.54, 1.807) is 0 Å². The summed E-state index contributed by atoms with van der Waals surface area (Å²) >= 11 is 0. The van der Waals surface area contributed by atoms with Crippen molar-refractivity contribution < 1.29 is 31.2 Å². The molecule has 1 unspecified atom stereocenters. The highest BCUT2D eigenvalue weighted by atomic mass is 32.2. The summed E-state index contributed by atoms with van der Waals surface area (Å²) in [5.41, 5.74) is -0.342. The molecule has 0 radical (unpaired) electrons. The summed E-state index contributed by atoms with van der Waals surface area (Å²) in [6.07, 6.45) is -4.05. The lowest BCUT2D eigenvalue weighted by Crippen LogP contribution is -2.53. The van der Waals surface area contributed by atoms with Gasteiger partial charge in [-0.2, -0.15) is 17.5 Å². The summed E-state index contributed by atoms with van der Waals surface area (Å²) < 4.78 is 66.8. The van der Waals surface area contributed by atoms with Gasteiger partial charge in [-0.3, -0.25) is 9.59 Å². The fourth-order valence-corrected chi connectivity index (χ4v) is 5.59. The molecule has 0 saturated carbocycles. The van der Waals surface area contributed by atoms with Crippen molar-refractivity contribution in [3.8, 4) is 0 Å². The predicted octanol–water partition coefficient (Wildman–Crippen LogP) is 2.72. The van der Waals surface area contributed by atoms with Crippen LogP contribution >= 0.6 is 0 Å². The van der Waals surface area contributed by atoms with Gasteiger partial charge in [0.05, 0.1) is 10.5 Å². The van der Waals surface area contributed by atoms with Crippen LogP contribution in [0.4, 0.5) is 13.2 Å². The third-order valence-corrected chi connectivity index (χ3v) is 7.54. The molecule has 7 nitrogen and oxygen atoms in total. The molecule has 2 aromatic rings. The molecule has 34 heavy (non-hydrogen) atoms. The Labute approximate surface area is 196 Å². The fraction of sp³-hybridized carbons (Fsp3) is 0.391. The Morgan fingerprint density at radius 1 is 1.03 bits per heavy atom. The minimum absolute atomic E-state index is 0.0387. The van der Waals surface area contributed by atoms with E-state index in [0.717, 1.165) is 28.1 Å². The van der Waals surface area contributed by atoms with Crippen molar-refractivity contribution in [3.05, 3.63) is 65.7 Å². The zero-order chi connectivity index (χ0) is 24.9. The van der Waals surface area contributed by atoms with Crippen molar-refractivity contribution in [2.24, 2.45) is 0 Å². The van der Waals surface area contributed by atoms with Crippen LogP contribution in [0, 0.1) is 0 Å². The summed E-state index contributed by atoms with van der Waals surface area (Å²) in [5.74, 6) is -0.761. The lowest BCUT2D eigenvalue weighted by molar-refractivity contribution is -0.140. The molecule has 1 atom stereocenters. The molecule has 1 aliphatic rings. The number of carbonyl (C=O) groups is 2. The Hall–Kier alpha value is -2.92. The normalized spacial score (nSPS) is 16.6. The number of halogens is 3. The van der Waals surface area contributed by atoms with Crippen molar-refractivity contribution in [1.82, 2.24) is 14.9 Å². The molecule has 184 valence electrons. The van der Waals surface area contributed by atoms with Crippen LogP contribution in [0.1, 0.15) is 30.9 Å². The van der Waals surface area contributed by atoms with Gasteiger partial charge in [0.1, 0.15) is 6.04 Å². The average Bonchev–Trinajstić information content (AvgIpc) is 2.79. The van der Waals surface area contributed by atoms with Crippen LogP contribution in [-0.4, -0.2) is 49.7 Å². The van der Waals surface area contributed by atoms with Crippen LogP contribution in [0.5, 0.6) is 0 Å². The van der Waals surface area contributed by atoms with Crippen molar-refractivity contribution in [2.75, 3.05) is 13.1 Å². The zero-order valence-corrected chi connectivity index (χ0v) is 19.3. The van der Waals surface area contributed by atoms with E-state index in [0.29, 0.717) is 0 Å². The van der Waals surface area contributed by atoms with E-state index in [4.69, 9.17) is 0 Å². The summed E-state index contributed by atoms with van der Waals surface area (Å²) in [4.78, 5) is 23.6. The quantitative estimate of drug-likeness (QED) is 0.615. The topological polar surface area (TPSA) is 95.6 Å². The first-order chi connectivity index (χ1) is 16.0. The second-order valence-corrected chi connectivity index (χ2v) is 10.0. The summed E-state index contributed by atoms with van der Waals surface area (Å²) in [6, 6.07) is 12.1. The molecule has 1 heterocycles. The Bertz CT molecular complexity index is 1120. The highest BCUT2D eigenvalue weighted by molar-refractivity contribution is 7.89. The van der Waals surface area contributed by atoms with E-state index in [1.807, 2.05) is 30.3 Å². The minimum Gasteiger partial charge on any atom is -0.351 e. The molecular formula is C23H26F3N3O4S. The van der Waals surface area contributed by atoms with Gasteiger partial charge < -0.3 is 10.6 Å². The second kappa shape index (κ2) is 10.6. The molecule has 1 fully saturated rings. The van der Waals surface area contributed by atoms with Crippen LogP contribution in [-0.2, 0) is 32.2 Å². The number of hydrogen-bond donors (Lipinski definition) is 2. The Balaban J connectivity index is 1.65. The van der Waals surface area contributed by atoms with Crippen molar-refractivity contribution in [2.45, 2.75) is 49.3 Å². The molecule has 3 rings (SSSR count). The third kappa shape index (κ3) is 6.35. The monoisotopic (exact) mass is 497 g/mol. The largest absolute Gasteiger partial charge is 0.417 e. The summed E-state index contributed by atoms with van der Waals surface area (Å²) in [6.45, 7) is 1.24. The van der Waals surface area contributed by atoms with Crippen molar-refractivity contribution in [1.29, 1.82) is 0 Å². The van der Waals surface area contributed by atoms with Gasteiger partial charge in [0.2, 0.25) is 21.8 Å². The van der Waals surface area contributed by atoms with Gasteiger partial charge in [0.25, 0.3) is 0 Å². The maximum atomic E-state index is 13.3. The van der Waals surface area contributed by atoms with E-state index >= 15 is 0 Å². The molecule has 11 heteroatoms. The van der Waals surface area contributed by atoms with Crippen molar-refractivity contribution >= 4 is 21.8 Å². The Morgan fingerprint density at radius 3 is 2.21 bits per heavy atom. The van der Waals surface area contributed by atoms with E-state index in [9.17, 15) is 31.2 Å². The number of amides is 2. The predicted molar refractivity (Wildman–Crippen MR) is 119 cm³/mol. The van der Waals surface area contributed by atoms with E-state index in [1.165, 1.54) is 13.0 Å². The lowest BCUT2D eigenvalue weighted by atomic mass is 10.0. The number of carbonyl (C=O) groups excluding carboxylic acids is 2. The molecular weight excluding hydrogens is 471 g/mol. The third-order valence-electron chi connectivity index (χ3n) is 5.59. The first-order valence-corrected chi connectivity index (χ1v) is 12.2. The molecule has 0 spiro atoms. The zero-order valence-electron chi connectivity index (χ0n) is 18.5. The number of hydrogen-bond acceptors (Lipinski definition) is 4. The van der Waals surface area contributed by atoms with Crippen molar-refractivity contribution in [3.63, 3.8) is 0 Å². The van der Waals surface area contributed by atoms with Crippen LogP contribution < -0.4 is 10.6 Å². The molecule has 1 saturated heterocycles. The van der Waals surface area contributed by atoms with Crippen LogP contribution in [0.15, 0.2) is 59.5 Å². The van der Waals surface area contributed by atoms with E-state index < -0.39 is 38.6 Å². The molecule has 2 amide bonds. The molecule has 0 aliphatic carbocycles. The number of alkyl halides is 3. The van der Waals surface area contributed by atoms with Crippen LogP contribution in [0.3, 0.4) is 0 Å². The first-order valence-electron chi connectivity index (χ1n) is 10.8. The first kappa shape index (κ1) is 25.7. The van der Waals surface area contributed by atoms with Gasteiger partial charge in [-0.25, -0.2) is 8.42 Å². The fourth-order valence-electron chi connectivity index (χ4n) is 3.91. The molecule has 1 aliphatic heterocycles. The van der Waals surface area contributed by atoms with Gasteiger partial charge in [0.15, 0.2) is 0 Å². The Morgan fingerprint density at radius 2 is 1.62 bits per heavy atom. The van der Waals surface area contributed by atoms with Crippen LogP contribution in [0.25, 0.3) is 0 Å². The minimum atomic E-state index is -4.80. The van der Waals surface area contributed by atoms with Gasteiger partial charge in [-0.05, 0) is 30.5 Å². The summed E-state index contributed by atoms with van der Waals surface area (Å²) in [5, 5.41) is 5.47. The maximum absolute atomic E-state index is 13.3. The van der Waals surface area contributed by atoms with E-state index in [2.05, 4.69) is 10.6 Å². The maximum Gasteiger partial charge on any atom is 0.417 e. The number of benzene rings is 2. The molecule has 0 bridgehead atoms.